The minimum Gasteiger partial charge on any atom is -0.469 e. The number of aliphatic hydroxyl groups is 1. The van der Waals surface area contributed by atoms with Gasteiger partial charge in [0.1, 0.15) is 17.3 Å². The van der Waals surface area contributed by atoms with Gasteiger partial charge in [-0.1, -0.05) is 11.2 Å². The highest BCUT2D eigenvalue weighted by atomic mass is 19.1. The van der Waals surface area contributed by atoms with Gasteiger partial charge in [0.05, 0.1) is 35.8 Å². The molecule has 0 aliphatic rings. The van der Waals surface area contributed by atoms with E-state index in [1.54, 1.807) is 24.3 Å². The molecule has 0 bridgehead atoms. The average molecular weight is 553 g/mol. The molecule has 0 spiro atoms. The number of ether oxygens (including phenoxy) is 2. The Balaban J connectivity index is 1.62. The van der Waals surface area contributed by atoms with Gasteiger partial charge in [-0.3, -0.25) is 19.5 Å². The van der Waals surface area contributed by atoms with Crippen LogP contribution in [-0.4, -0.2) is 44.9 Å². The molecule has 40 heavy (non-hydrogen) atoms. The minimum absolute atomic E-state index is 0.189. The lowest BCUT2D eigenvalue weighted by atomic mass is 10.1. The van der Waals surface area contributed by atoms with Gasteiger partial charge < -0.3 is 19.1 Å². The standard InChI is InChI=1S/C29H33FN4O6/c1-29(2,3)39-28(37)31-17-21-16-23(33-40-21)18-9-14-22-24(15-18)32-25(7-5-6-8-26(35)38-4)34(27(22)36)20-12-10-19(30)11-13-20/h9-16,28,31,37H,5-8,17H2,1-4H3. The van der Waals surface area contributed by atoms with E-state index >= 15 is 0 Å². The van der Waals surface area contributed by atoms with Gasteiger partial charge in [0.15, 0.2) is 5.76 Å². The first-order valence-electron chi connectivity index (χ1n) is 13.0. The quantitative estimate of drug-likeness (QED) is 0.159. The van der Waals surface area contributed by atoms with Crippen LogP contribution in [0.3, 0.4) is 0 Å². The fourth-order valence-electron chi connectivity index (χ4n) is 4.17. The van der Waals surface area contributed by atoms with Crippen LogP contribution in [0.2, 0.25) is 0 Å². The molecule has 11 heteroatoms. The van der Waals surface area contributed by atoms with Crippen molar-refractivity contribution in [3.8, 4) is 16.9 Å². The van der Waals surface area contributed by atoms with E-state index in [4.69, 9.17) is 19.0 Å². The van der Waals surface area contributed by atoms with Crippen molar-refractivity contribution in [1.29, 1.82) is 0 Å². The Labute approximate surface area is 230 Å². The Morgan fingerprint density at radius 2 is 1.90 bits per heavy atom. The van der Waals surface area contributed by atoms with Crippen molar-refractivity contribution in [3.05, 3.63) is 76.3 Å². The Morgan fingerprint density at radius 3 is 2.60 bits per heavy atom. The molecule has 1 unspecified atom stereocenters. The lowest BCUT2D eigenvalue weighted by Crippen LogP contribution is -2.37. The number of fused-ring (bicyclic) bond motifs is 1. The monoisotopic (exact) mass is 552 g/mol. The number of nitrogens with zero attached hydrogens (tertiary/aromatic N) is 3. The zero-order valence-electron chi connectivity index (χ0n) is 22.9. The highest BCUT2D eigenvalue weighted by Crippen LogP contribution is 2.24. The molecule has 10 nitrogen and oxygen atoms in total. The summed E-state index contributed by atoms with van der Waals surface area (Å²) in [4.78, 5) is 29.9. The second-order valence-electron chi connectivity index (χ2n) is 10.3. The van der Waals surface area contributed by atoms with E-state index in [2.05, 4.69) is 10.5 Å². The number of halogens is 1. The smallest absolute Gasteiger partial charge is 0.305 e. The maximum absolute atomic E-state index is 13.6. The van der Waals surface area contributed by atoms with E-state index in [1.165, 1.54) is 35.9 Å². The van der Waals surface area contributed by atoms with Crippen molar-refractivity contribution in [2.24, 2.45) is 0 Å². The third-order valence-electron chi connectivity index (χ3n) is 6.05. The molecule has 0 saturated heterocycles. The zero-order chi connectivity index (χ0) is 28.9. The molecule has 1 atom stereocenters. The summed E-state index contributed by atoms with van der Waals surface area (Å²) in [5, 5.41) is 17.3. The van der Waals surface area contributed by atoms with Gasteiger partial charge in [-0.25, -0.2) is 9.37 Å². The molecule has 2 heterocycles. The molecular formula is C29H33FN4O6. The molecular weight excluding hydrogens is 519 g/mol. The van der Waals surface area contributed by atoms with Crippen LogP contribution in [0.1, 0.15) is 51.6 Å². The first kappa shape index (κ1) is 29.1. The third kappa shape index (κ3) is 7.38. The number of aromatic nitrogens is 3. The molecule has 4 rings (SSSR count). The first-order valence-corrected chi connectivity index (χ1v) is 13.0. The summed E-state index contributed by atoms with van der Waals surface area (Å²) in [6.45, 7) is 5.69. The summed E-state index contributed by atoms with van der Waals surface area (Å²) in [5.74, 6) is 0.264. The number of carbonyl (C=O) groups excluding carboxylic acids is 1. The Kier molecular flexibility index (Phi) is 9.08. The zero-order valence-corrected chi connectivity index (χ0v) is 22.9. The minimum atomic E-state index is -1.17. The molecule has 0 fully saturated rings. The van der Waals surface area contributed by atoms with Crippen LogP contribution < -0.4 is 10.9 Å². The van der Waals surface area contributed by atoms with Crippen LogP contribution in [0.15, 0.2) is 57.8 Å². The Bertz CT molecular complexity index is 1520. The molecule has 0 amide bonds. The van der Waals surface area contributed by atoms with Crippen LogP contribution in [0, 0.1) is 5.82 Å². The van der Waals surface area contributed by atoms with Crippen LogP contribution in [0.4, 0.5) is 4.39 Å². The Morgan fingerprint density at radius 1 is 1.15 bits per heavy atom. The number of nitrogens with one attached hydrogen (secondary N) is 1. The maximum atomic E-state index is 13.6. The second-order valence-corrected chi connectivity index (χ2v) is 10.3. The lowest BCUT2D eigenvalue weighted by molar-refractivity contribution is -0.182. The van der Waals surface area contributed by atoms with Crippen molar-refractivity contribution in [1.82, 2.24) is 20.0 Å². The van der Waals surface area contributed by atoms with Gasteiger partial charge in [0, 0.05) is 24.5 Å². The predicted molar refractivity (Wildman–Crippen MR) is 146 cm³/mol. The molecule has 2 N–H and O–H groups in total. The highest BCUT2D eigenvalue weighted by Gasteiger charge is 2.18. The number of carbonyl (C=O) groups is 1. The number of benzene rings is 2. The van der Waals surface area contributed by atoms with Gasteiger partial charge >= 0.3 is 5.97 Å². The lowest BCUT2D eigenvalue weighted by Gasteiger charge is -2.24. The number of methoxy groups -OCH3 is 1. The summed E-state index contributed by atoms with van der Waals surface area (Å²) in [6.07, 6.45) is 0.668. The van der Waals surface area contributed by atoms with Crippen molar-refractivity contribution >= 4 is 16.9 Å². The van der Waals surface area contributed by atoms with Crippen LogP contribution in [0.5, 0.6) is 0 Å². The van der Waals surface area contributed by atoms with Crippen LogP contribution >= 0.6 is 0 Å². The van der Waals surface area contributed by atoms with Gasteiger partial charge in [0.25, 0.3) is 5.56 Å². The summed E-state index contributed by atoms with van der Waals surface area (Å²) < 4.78 is 30.6. The first-order chi connectivity index (χ1) is 19.0. The topological polar surface area (TPSA) is 129 Å². The number of unbranched alkanes of at least 4 members (excludes halogenated alkanes) is 1. The fraction of sp³-hybridized carbons (Fsp3) is 0.379. The molecule has 0 aliphatic heterocycles. The van der Waals surface area contributed by atoms with Crippen molar-refractivity contribution in [2.75, 3.05) is 7.11 Å². The van der Waals surface area contributed by atoms with Crippen molar-refractivity contribution < 1.29 is 28.3 Å². The van der Waals surface area contributed by atoms with E-state index in [1.807, 2.05) is 20.8 Å². The number of rotatable bonds is 11. The molecule has 0 saturated carbocycles. The molecule has 2 aromatic heterocycles. The average Bonchev–Trinajstić information content (AvgIpc) is 3.38. The summed E-state index contributed by atoms with van der Waals surface area (Å²) in [5.41, 5.74) is 1.39. The van der Waals surface area contributed by atoms with E-state index in [-0.39, 0.29) is 24.5 Å². The van der Waals surface area contributed by atoms with Gasteiger partial charge in [0.2, 0.25) is 6.41 Å². The van der Waals surface area contributed by atoms with Crippen molar-refractivity contribution in [2.45, 2.75) is 65.0 Å². The third-order valence-corrected chi connectivity index (χ3v) is 6.05. The summed E-state index contributed by atoms with van der Waals surface area (Å²) in [7, 11) is 1.34. The number of esters is 1. The molecule has 0 aliphatic carbocycles. The SMILES string of the molecule is COC(=O)CCCCc1nc2cc(-c3cc(CNC(O)OC(C)(C)C)on3)ccc2c(=O)n1-c1ccc(F)cc1. The largest absolute Gasteiger partial charge is 0.469 e. The second kappa shape index (κ2) is 12.5. The van der Waals surface area contributed by atoms with Gasteiger partial charge in [-0.05, 0) is 70.0 Å². The summed E-state index contributed by atoms with van der Waals surface area (Å²) >= 11 is 0. The molecule has 4 aromatic rings. The molecule has 2 aromatic carbocycles. The highest BCUT2D eigenvalue weighted by molar-refractivity contribution is 5.83. The fourth-order valence-corrected chi connectivity index (χ4v) is 4.17. The Hall–Kier alpha value is -3.93. The van der Waals surface area contributed by atoms with Crippen LogP contribution in [-0.2, 0) is 27.2 Å². The van der Waals surface area contributed by atoms with E-state index < -0.39 is 17.8 Å². The molecule has 0 radical (unpaired) electrons. The van der Waals surface area contributed by atoms with Gasteiger partial charge in [-0.2, -0.15) is 0 Å². The van der Waals surface area contributed by atoms with E-state index in [0.717, 1.165) is 0 Å². The summed E-state index contributed by atoms with van der Waals surface area (Å²) in [6, 6.07) is 12.6. The molecule has 212 valence electrons. The number of hydrogen-bond acceptors (Lipinski definition) is 9. The normalized spacial score (nSPS) is 12.6. The number of aliphatic hydroxyl groups excluding tert-OH is 1. The van der Waals surface area contributed by atoms with Crippen molar-refractivity contribution in [3.63, 3.8) is 0 Å². The van der Waals surface area contributed by atoms with E-state index in [0.29, 0.717) is 58.7 Å². The number of aryl methyl sites for hydroxylation is 1. The number of hydrogen-bond donors (Lipinski definition) is 2. The van der Waals surface area contributed by atoms with Crippen LogP contribution in [0.25, 0.3) is 27.8 Å². The van der Waals surface area contributed by atoms with E-state index in [9.17, 15) is 19.1 Å². The maximum Gasteiger partial charge on any atom is 0.305 e. The predicted octanol–water partition coefficient (Wildman–Crippen LogP) is 4.25. The van der Waals surface area contributed by atoms with Gasteiger partial charge in [-0.15, -0.1) is 0 Å².